The van der Waals surface area contributed by atoms with E-state index in [4.69, 9.17) is 16.6 Å². The Morgan fingerprint density at radius 2 is 2.00 bits per heavy atom. The first kappa shape index (κ1) is 17.5. The Labute approximate surface area is 152 Å². The molecular weight excluding hydrogens is 334 g/mol. The molecule has 3 rings (SSSR count). The number of aromatic nitrogens is 2. The first-order valence-electron chi connectivity index (χ1n) is 8.27. The van der Waals surface area contributed by atoms with Crippen molar-refractivity contribution in [2.75, 3.05) is 5.32 Å². The molecule has 0 aliphatic carbocycles. The molecule has 25 heavy (non-hydrogen) atoms. The lowest BCUT2D eigenvalue weighted by molar-refractivity contribution is -0.117. The third-order valence-corrected chi connectivity index (χ3v) is 4.06. The standard InChI is InChI=1S/C20H22ClN3O/c1-13-8-9-24-16(10-13)22-18(14-6-5-7-15(21)11-14)19(24)23-17(25)12-20(2,3)4/h5-11H,12H2,1-4H3,(H,23,25). The fourth-order valence-corrected chi connectivity index (χ4v) is 2.95. The molecule has 0 fully saturated rings. The fourth-order valence-electron chi connectivity index (χ4n) is 2.76. The van der Waals surface area contributed by atoms with Gasteiger partial charge in [-0.3, -0.25) is 9.20 Å². The second kappa shape index (κ2) is 6.52. The minimum absolute atomic E-state index is 0.0295. The van der Waals surface area contributed by atoms with Crippen LogP contribution in [-0.2, 0) is 4.79 Å². The number of fused-ring (bicyclic) bond motifs is 1. The van der Waals surface area contributed by atoms with Crippen molar-refractivity contribution in [2.45, 2.75) is 34.1 Å². The third-order valence-electron chi connectivity index (χ3n) is 3.83. The predicted molar refractivity (Wildman–Crippen MR) is 103 cm³/mol. The van der Waals surface area contributed by atoms with Gasteiger partial charge in [0.25, 0.3) is 0 Å². The summed E-state index contributed by atoms with van der Waals surface area (Å²) in [5.74, 6) is 0.643. The molecular formula is C20H22ClN3O. The number of nitrogens with one attached hydrogen (secondary N) is 1. The van der Waals surface area contributed by atoms with Crippen LogP contribution in [-0.4, -0.2) is 15.3 Å². The van der Waals surface area contributed by atoms with Crippen molar-refractivity contribution in [3.05, 3.63) is 53.2 Å². The smallest absolute Gasteiger partial charge is 0.226 e. The average Bonchev–Trinajstić information content (AvgIpc) is 2.83. The van der Waals surface area contributed by atoms with Crippen LogP contribution in [0.2, 0.25) is 5.02 Å². The lowest BCUT2D eigenvalue weighted by atomic mass is 9.92. The molecule has 0 spiro atoms. The van der Waals surface area contributed by atoms with Crippen LogP contribution < -0.4 is 5.32 Å². The van der Waals surface area contributed by atoms with Crippen molar-refractivity contribution in [3.63, 3.8) is 0 Å². The number of hydrogen-bond donors (Lipinski definition) is 1. The van der Waals surface area contributed by atoms with Gasteiger partial charge < -0.3 is 5.32 Å². The number of imidazole rings is 1. The number of rotatable bonds is 3. The summed E-state index contributed by atoms with van der Waals surface area (Å²) in [7, 11) is 0. The molecule has 1 aromatic carbocycles. The van der Waals surface area contributed by atoms with Crippen LogP contribution >= 0.6 is 11.6 Å². The number of carbonyl (C=O) groups is 1. The minimum Gasteiger partial charge on any atom is -0.310 e. The minimum atomic E-state index is -0.0859. The Morgan fingerprint density at radius 3 is 2.68 bits per heavy atom. The topological polar surface area (TPSA) is 46.4 Å². The van der Waals surface area contributed by atoms with E-state index in [0.29, 0.717) is 17.3 Å². The number of nitrogens with zero attached hydrogens (tertiary/aromatic N) is 2. The molecule has 1 amide bonds. The highest BCUT2D eigenvalue weighted by Gasteiger charge is 2.20. The largest absolute Gasteiger partial charge is 0.310 e. The van der Waals surface area contributed by atoms with E-state index in [9.17, 15) is 4.79 Å². The number of hydrogen-bond acceptors (Lipinski definition) is 2. The van der Waals surface area contributed by atoms with Crippen LogP contribution in [0.15, 0.2) is 42.6 Å². The van der Waals surface area contributed by atoms with Gasteiger partial charge in [-0.25, -0.2) is 4.98 Å². The lowest BCUT2D eigenvalue weighted by Crippen LogP contribution is -2.20. The van der Waals surface area contributed by atoms with Crippen LogP contribution in [0.3, 0.4) is 0 Å². The molecule has 4 nitrogen and oxygen atoms in total. The Morgan fingerprint density at radius 1 is 1.24 bits per heavy atom. The highest BCUT2D eigenvalue weighted by atomic mass is 35.5. The summed E-state index contributed by atoms with van der Waals surface area (Å²) < 4.78 is 1.91. The number of carbonyl (C=O) groups excluding carboxylic acids is 1. The quantitative estimate of drug-likeness (QED) is 0.689. The zero-order valence-electron chi connectivity index (χ0n) is 14.9. The van der Waals surface area contributed by atoms with Gasteiger partial charge in [-0.15, -0.1) is 0 Å². The number of pyridine rings is 1. The zero-order valence-corrected chi connectivity index (χ0v) is 15.7. The van der Waals surface area contributed by atoms with Crippen LogP contribution in [0.5, 0.6) is 0 Å². The molecule has 1 N–H and O–H groups in total. The second-order valence-electron chi connectivity index (χ2n) is 7.54. The van der Waals surface area contributed by atoms with Crippen LogP contribution in [0, 0.1) is 12.3 Å². The summed E-state index contributed by atoms with van der Waals surface area (Å²) in [6.07, 6.45) is 2.36. The first-order valence-corrected chi connectivity index (χ1v) is 8.65. The summed E-state index contributed by atoms with van der Waals surface area (Å²) in [4.78, 5) is 17.2. The maximum atomic E-state index is 12.5. The Hall–Kier alpha value is -2.33. The number of benzene rings is 1. The van der Waals surface area contributed by atoms with E-state index < -0.39 is 0 Å². The highest BCUT2D eigenvalue weighted by Crippen LogP contribution is 2.31. The third kappa shape index (κ3) is 4.02. The van der Waals surface area contributed by atoms with E-state index in [2.05, 4.69) is 5.32 Å². The fraction of sp³-hybridized carbons (Fsp3) is 0.300. The van der Waals surface area contributed by atoms with E-state index in [1.54, 1.807) is 0 Å². The van der Waals surface area contributed by atoms with E-state index in [0.717, 1.165) is 22.5 Å². The van der Waals surface area contributed by atoms with Crippen molar-refractivity contribution in [2.24, 2.45) is 5.41 Å². The van der Waals surface area contributed by atoms with E-state index in [-0.39, 0.29) is 11.3 Å². The molecule has 2 heterocycles. The van der Waals surface area contributed by atoms with Crippen molar-refractivity contribution >= 4 is 29.0 Å². The molecule has 0 atom stereocenters. The van der Waals surface area contributed by atoms with E-state index >= 15 is 0 Å². The molecule has 0 radical (unpaired) electrons. The first-order chi connectivity index (χ1) is 11.7. The SMILES string of the molecule is Cc1ccn2c(NC(=O)CC(C)(C)C)c(-c3cccc(Cl)c3)nc2c1. The number of anilines is 1. The predicted octanol–water partition coefficient (Wildman–Crippen LogP) is 5.34. The van der Waals surface area contributed by atoms with Gasteiger partial charge in [0.2, 0.25) is 5.91 Å². The van der Waals surface area contributed by atoms with Gasteiger partial charge in [0, 0.05) is 23.2 Å². The summed E-state index contributed by atoms with van der Waals surface area (Å²) in [6, 6.07) is 11.5. The molecule has 3 aromatic rings. The maximum absolute atomic E-state index is 12.5. The van der Waals surface area contributed by atoms with Gasteiger partial charge in [-0.2, -0.15) is 0 Å². The van der Waals surface area contributed by atoms with Gasteiger partial charge in [-0.1, -0.05) is 44.5 Å². The molecule has 0 aliphatic heterocycles. The van der Waals surface area contributed by atoms with Gasteiger partial charge in [0.15, 0.2) is 0 Å². The Bertz CT molecular complexity index is 938. The van der Waals surface area contributed by atoms with Gasteiger partial charge in [0.05, 0.1) is 0 Å². The maximum Gasteiger partial charge on any atom is 0.226 e. The monoisotopic (exact) mass is 355 g/mol. The molecule has 0 bridgehead atoms. The summed E-state index contributed by atoms with van der Waals surface area (Å²) in [5.41, 5.74) is 3.41. The van der Waals surface area contributed by atoms with Crippen LogP contribution in [0.25, 0.3) is 16.9 Å². The second-order valence-corrected chi connectivity index (χ2v) is 7.97. The Balaban J connectivity index is 2.11. The number of aryl methyl sites for hydroxylation is 1. The van der Waals surface area contributed by atoms with Crippen molar-refractivity contribution in [3.8, 4) is 11.3 Å². The molecule has 0 saturated heterocycles. The molecule has 0 aliphatic rings. The molecule has 0 saturated carbocycles. The molecule has 130 valence electrons. The molecule has 2 aromatic heterocycles. The van der Waals surface area contributed by atoms with Crippen LogP contribution in [0.4, 0.5) is 5.82 Å². The molecule has 0 unspecified atom stereocenters. The normalized spacial score (nSPS) is 11.7. The molecule has 5 heteroatoms. The van der Waals surface area contributed by atoms with Crippen molar-refractivity contribution in [1.82, 2.24) is 9.38 Å². The van der Waals surface area contributed by atoms with E-state index in [1.165, 1.54) is 0 Å². The van der Waals surface area contributed by atoms with Gasteiger partial charge >= 0.3 is 0 Å². The summed E-state index contributed by atoms with van der Waals surface area (Å²) >= 11 is 6.14. The van der Waals surface area contributed by atoms with Crippen molar-refractivity contribution < 1.29 is 4.79 Å². The summed E-state index contributed by atoms with van der Waals surface area (Å²) in [5, 5.41) is 3.68. The van der Waals surface area contributed by atoms with E-state index in [1.807, 2.05) is 74.7 Å². The average molecular weight is 356 g/mol. The zero-order chi connectivity index (χ0) is 18.2. The van der Waals surface area contributed by atoms with Gasteiger partial charge in [0.1, 0.15) is 17.2 Å². The van der Waals surface area contributed by atoms with Crippen LogP contribution in [0.1, 0.15) is 32.8 Å². The number of amides is 1. The van der Waals surface area contributed by atoms with Gasteiger partial charge in [-0.05, 0) is 42.2 Å². The highest BCUT2D eigenvalue weighted by molar-refractivity contribution is 6.30. The Kier molecular flexibility index (Phi) is 4.56. The summed E-state index contributed by atoms with van der Waals surface area (Å²) in [6.45, 7) is 8.15. The lowest BCUT2D eigenvalue weighted by Gasteiger charge is -2.17. The number of halogens is 1. The van der Waals surface area contributed by atoms with Crippen molar-refractivity contribution in [1.29, 1.82) is 0 Å².